The van der Waals surface area contributed by atoms with E-state index in [1.54, 1.807) is 38.2 Å². The zero-order chi connectivity index (χ0) is 23.1. The number of carbonyl (C=O) groups excluding carboxylic acids is 2. The Hall–Kier alpha value is -4.16. The van der Waals surface area contributed by atoms with Crippen LogP contribution in [0.25, 0.3) is 22.8 Å². The molecule has 0 aliphatic heterocycles. The van der Waals surface area contributed by atoms with E-state index >= 15 is 0 Å². The van der Waals surface area contributed by atoms with Crippen LogP contribution in [0, 0.1) is 11.8 Å². The van der Waals surface area contributed by atoms with Crippen LogP contribution in [-0.4, -0.2) is 61.5 Å². The van der Waals surface area contributed by atoms with Gasteiger partial charge in [-0.05, 0) is 25.1 Å². The molecule has 0 aliphatic rings. The number of aliphatic hydroxyl groups is 1. The molecule has 1 atom stereocenters. The van der Waals surface area contributed by atoms with Crippen LogP contribution >= 0.6 is 0 Å². The van der Waals surface area contributed by atoms with Gasteiger partial charge < -0.3 is 15.7 Å². The number of primary amides is 1. The molecule has 3 rings (SSSR count). The highest BCUT2D eigenvalue weighted by molar-refractivity contribution is 5.92. The summed E-state index contributed by atoms with van der Waals surface area (Å²) in [5.41, 5.74) is 6.37. The SMILES string of the molecule is CN(C=O)CCC(C)(O)C#Cc1cccc(-c2nc(C(N)=O)cc(-c3cnccn3)n2)c1. The monoisotopic (exact) mass is 430 g/mol. The van der Waals surface area contributed by atoms with Crippen LogP contribution in [0.3, 0.4) is 0 Å². The van der Waals surface area contributed by atoms with Gasteiger partial charge in [-0.15, -0.1) is 0 Å². The molecule has 2 amide bonds. The van der Waals surface area contributed by atoms with E-state index in [9.17, 15) is 14.7 Å². The summed E-state index contributed by atoms with van der Waals surface area (Å²) in [5, 5.41) is 10.5. The lowest BCUT2D eigenvalue weighted by molar-refractivity contribution is -0.117. The average Bonchev–Trinajstić information content (AvgIpc) is 2.81. The van der Waals surface area contributed by atoms with Gasteiger partial charge >= 0.3 is 0 Å². The molecule has 1 unspecified atom stereocenters. The predicted molar refractivity (Wildman–Crippen MR) is 118 cm³/mol. The highest BCUT2D eigenvalue weighted by Gasteiger charge is 2.17. The Morgan fingerprint density at radius 1 is 1.25 bits per heavy atom. The lowest BCUT2D eigenvalue weighted by Crippen LogP contribution is -2.29. The largest absolute Gasteiger partial charge is 0.378 e. The van der Waals surface area contributed by atoms with Crippen LogP contribution in [0.1, 0.15) is 29.4 Å². The molecule has 3 aromatic rings. The second-order valence-electron chi connectivity index (χ2n) is 7.36. The quantitative estimate of drug-likeness (QED) is 0.426. The van der Waals surface area contributed by atoms with Crippen molar-refractivity contribution >= 4 is 12.3 Å². The number of nitrogens with two attached hydrogens (primary N) is 1. The van der Waals surface area contributed by atoms with Crippen molar-refractivity contribution in [1.29, 1.82) is 0 Å². The number of aromatic nitrogens is 4. The van der Waals surface area contributed by atoms with Crippen molar-refractivity contribution in [1.82, 2.24) is 24.8 Å². The summed E-state index contributed by atoms with van der Waals surface area (Å²) in [6, 6.07) is 8.55. The minimum Gasteiger partial charge on any atom is -0.378 e. The van der Waals surface area contributed by atoms with Crippen LogP contribution in [0.15, 0.2) is 48.9 Å². The number of rotatable bonds is 7. The van der Waals surface area contributed by atoms with Crippen molar-refractivity contribution in [2.24, 2.45) is 5.73 Å². The highest BCUT2D eigenvalue weighted by atomic mass is 16.3. The molecule has 2 heterocycles. The first-order chi connectivity index (χ1) is 15.3. The van der Waals surface area contributed by atoms with Gasteiger partial charge in [-0.2, -0.15) is 0 Å². The number of carbonyl (C=O) groups is 2. The molecule has 0 spiro atoms. The Morgan fingerprint density at radius 3 is 2.75 bits per heavy atom. The van der Waals surface area contributed by atoms with Crippen molar-refractivity contribution in [3.63, 3.8) is 0 Å². The van der Waals surface area contributed by atoms with E-state index in [0.717, 1.165) is 0 Å². The van der Waals surface area contributed by atoms with Crippen LogP contribution in [0.2, 0.25) is 0 Å². The molecule has 0 radical (unpaired) electrons. The Morgan fingerprint density at radius 2 is 2.06 bits per heavy atom. The summed E-state index contributed by atoms with van der Waals surface area (Å²) in [6.45, 7) is 1.97. The summed E-state index contributed by atoms with van der Waals surface area (Å²) < 4.78 is 0. The van der Waals surface area contributed by atoms with Gasteiger partial charge in [0.25, 0.3) is 5.91 Å². The molecular formula is C23H22N6O3. The first-order valence-electron chi connectivity index (χ1n) is 9.74. The summed E-state index contributed by atoms with van der Waals surface area (Å²) >= 11 is 0. The van der Waals surface area contributed by atoms with E-state index < -0.39 is 11.5 Å². The van der Waals surface area contributed by atoms with Gasteiger partial charge in [-0.1, -0.05) is 24.0 Å². The van der Waals surface area contributed by atoms with Gasteiger partial charge in [-0.3, -0.25) is 19.6 Å². The van der Waals surface area contributed by atoms with Gasteiger partial charge in [-0.25, -0.2) is 9.97 Å². The summed E-state index contributed by atoms with van der Waals surface area (Å²) in [5.74, 6) is 5.37. The normalized spacial score (nSPS) is 12.2. The Bertz CT molecular complexity index is 1190. The van der Waals surface area contributed by atoms with E-state index in [1.807, 2.05) is 0 Å². The van der Waals surface area contributed by atoms with Gasteiger partial charge in [0.2, 0.25) is 6.41 Å². The maximum Gasteiger partial charge on any atom is 0.267 e. The molecule has 162 valence electrons. The molecule has 0 saturated heterocycles. The Kier molecular flexibility index (Phi) is 6.87. The molecule has 3 N–H and O–H groups in total. The lowest BCUT2D eigenvalue weighted by atomic mass is 10.0. The third-order valence-electron chi connectivity index (χ3n) is 4.53. The van der Waals surface area contributed by atoms with Crippen LogP contribution < -0.4 is 5.73 Å². The number of nitrogens with zero attached hydrogens (tertiary/aromatic N) is 5. The molecular weight excluding hydrogens is 408 g/mol. The topological polar surface area (TPSA) is 135 Å². The number of hydrogen-bond donors (Lipinski definition) is 2. The van der Waals surface area contributed by atoms with Crippen LogP contribution in [0.5, 0.6) is 0 Å². The van der Waals surface area contributed by atoms with Gasteiger partial charge in [0.05, 0.1) is 11.9 Å². The Balaban J connectivity index is 1.94. The second kappa shape index (κ2) is 9.76. The van der Waals surface area contributed by atoms with Gasteiger partial charge in [0, 0.05) is 43.5 Å². The minimum atomic E-state index is -1.27. The molecule has 0 bridgehead atoms. The molecule has 9 heteroatoms. The molecule has 0 fully saturated rings. The molecule has 0 saturated carbocycles. The van der Waals surface area contributed by atoms with E-state index in [2.05, 4.69) is 31.8 Å². The average molecular weight is 430 g/mol. The maximum atomic E-state index is 11.8. The fraction of sp³-hybridized carbons (Fsp3) is 0.217. The van der Waals surface area contributed by atoms with Crippen LogP contribution in [-0.2, 0) is 4.79 Å². The summed E-state index contributed by atoms with van der Waals surface area (Å²) in [7, 11) is 1.63. The van der Waals surface area contributed by atoms with Crippen molar-refractivity contribution in [3.8, 4) is 34.6 Å². The first kappa shape index (κ1) is 22.5. The number of benzene rings is 1. The van der Waals surface area contributed by atoms with E-state index in [-0.39, 0.29) is 11.5 Å². The molecule has 2 aromatic heterocycles. The second-order valence-corrected chi connectivity index (χ2v) is 7.36. The minimum absolute atomic E-state index is 0.0503. The lowest BCUT2D eigenvalue weighted by Gasteiger charge is -2.19. The molecule has 0 aliphatic carbocycles. The first-order valence-corrected chi connectivity index (χ1v) is 9.74. The maximum absolute atomic E-state index is 11.8. The summed E-state index contributed by atoms with van der Waals surface area (Å²) in [4.78, 5) is 41.0. The zero-order valence-corrected chi connectivity index (χ0v) is 17.7. The third kappa shape index (κ3) is 5.93. The number of hydrogen-bond acceptors (Lipinski definition) is 7. The standard InChI is InChI=1S/C23H22N6O3/c1-23(32,8-11-29(2)15-30)7-6-16-4-3-5-17(12-16)22-27-18(13-19(28-22)21(24)31)20-14-25-9-10-26-20/h3-5,9-10,12-15,32H,8,11H2,1-2H3,(H2,24,31). The smallest absolute Gasteiger partial charge is 0.267 e. The summed E-state index contributed by atoms with van der Waals surface area (Å²) in [6.07, 6.45) is 5.59. The fourth-order valence-electron chi connectivity index (χ4n) is 2.72. The number of amides is 2. The fourth-order valence-corrected chi connectivity index (χ4v) is 2.72. The third-order valence-corrected chi connectivity index (χ3v) is 4.53. The van der Waals surface area contributed by atoms with E-state index in [4.69, 9.17) is 5.73 Å². The van der Waals surface area contributed by atoms with E-state index in [1.165, 1.54) is 29.6 Å². The van der Waals surface area contributed by atoms with Gasteiger partial charge in [0.1, 0.15) is 17.0 Å². The molecule has 32 heavy (non-hydrogen) atoms. The van der Waals surface area contributed by atoms with E-state index in [0.29, 0.717) is 41.9 Å². The zero-order valence-electron chi connectivity index (χ0n) is 17.7. The van der Waals surface area contributed by atoms with Crippen molar-refractivity contribution in [2.45, 2.75) is 18.9 Å². The van der Waals surface area contributed by atoms with Gasteiger partial charge in [0.15, 0.2) is 5.82 Å². The highest BCUT2D eigenvalue weighted by Crippen LogP contribution is 2.21. The molecule has 9 nitrogen and oxygen atoms in total. The molecule has 1 aromatic carbocycles. The van der Waals surface area contributed by atoms with Crippen molar-refractivity contribution in [3.05, 3.63) is 60.2 Å². The van der Waals surface area contributed by atoms with Crippen molar-refractivity contribution in [2.75, 3.05) is 13.6 Å². The Labute approximate surface area is 185 Å². The predicted octanol–water partition coefficient (Wildman–Crippen LogP) is 1.28. The van der Waals surface area contributed by atoms with Crippen molar-refractivity contribution < 1.29 is 14.7 Å². The van der Waals surface area contributed by atoms with Crippen LogP contribution in [0.4, 0.5) is 0 Å².